The lowest BCUT2D eigenvalue weighted by Crippen LogP contribution is -2.16. The highest BCUT2D eigenvalue weighted by atomic mass is 14.8. The number of nitrogens with zero attached hydrogens (tertiary/aromatic N) is 2. The van der Waals surface area contributed by atoms with Crippen molar-refractivity contribution in [2.75, 3.05) is 6.54 Å². The fraction of sp³-hybridized carbons (Fsp3) is 0.667. The molecule has 0 saturated heterocycles. The average Bonchev–Trinajstić information content (AvgIpc) is 1.67. The van der Waals surface area contributed by atoms with Crippen LogP contribution >= 0.6 is 0 Å². The van der Waals surface area contributed by atoms with Gasteiger partial charge in [-0.15, -0.1) is 0 Å². The third kappa shape index (κ3) is 2.21. The smallest absolute Gasteiger partial charge is 0.297 e. The summed E-state index contributed by atoms with van der Waals surface area (Å²) < 4.78 is 0. The normalized spacial score (nSPS) is 9.50. The molecule has 0 aromatic rings. The van der Waals surface area contributed by atoms with Crippen LogP contribution in [0.1, 0.15) is 13.8 Å². The van der Waals surface area contributed by atoms with Crippen molar-refractivity contribution in [2.45, 2.75) is 19.4 Å². The second kappa shape index (κ2) is 2.33. The lowest BCUT2D eigenvalue weighted by molar-refractivity contribution is 0.666. The van der Waals surface area contributed by atoms with Crippen LogP contribution in [-0.2, 0) is 0 Å². The molecule has 0 saturated carbocycles. The van der Waals surface area contributed by atoms with E-state index in [1.807, 2.05) is 0 Å². The van der Waals surface area contributed by atoms with Crippen molar-refractivity contribution in [3.8, 4) is 0 Å². The summed E-state index contributed by atoms with van der Waals surface area (Å²) in [6.07, 6.45) is 0. The minimum atomic E-state index is -0.470. The maximum atomic E-state index is 6.59. The summed E-state index contributed by atoms with van der Waals surface area (Å²) in [6.45, 7) is 16.9. The van der Waals surface area contributed by atoms with Gasteiger partial charge in [-0.25, -0.2) is 13.1 Å². The van der Waals surface area contributed by atoms with Gasteiger partial charge in [-0.2, -0.15) is 0 Å². The predicted molar refractivity (Wildman–Crippen MR) is 32.1 cm³/mol. The van der Waals surface area contributed by atoms with E-state index in [1.54, 1.807) is 13.8 Å². The molecule has 0 aromatic carbocycles. The quantitative estimate of drug-likeness (QED) is 0.451. The third-order valence-electron chi connectivity index (χ3n) is 0.769. The van der Waals surface area contributed by atoms with Crippen molar-refractivity contribution in [1.29, 1.82) is 0 Å². The first-order valence-electron chi connectivity index (χ1n) is 2.34. The van der Waals surface area contributed by atoms with Crippen LogP contribution in [0.25, 0.3) is 9.69 Å². The molecule has 0 fully saturated rings. The summed E-state index contributed by atoms with van der Waals surface area (Å²) in [4.78, 5) is 6.36. The molecule has 0 unspecified atom stereocenters. The Labute approximate surface area is 49.8 Å². The molecule has 0 aliphatic carbocycles. The topological polar surface area (TPSA) is 8.72 Å². The Balaban J connectivity index is 3.82. The molecular weight excluding hydrogens is 100 g/mol. The Morgan fingerprint density at radius 1 is 1.38 bits per heavy atom. The Kier molecular flexibility index (Phi) is 2.03. The maximum Gasteiger partial charge on any atom is 0.297 e. The molecule has 0 amide bonds. The van der Waals surface area contributed by atoms with Crippen molar-refractivity contribution >= 4 is 0 Å². The van der Waals surface area contributed by atoms with Crippen molar-refractivity contribution in [1.82, 2.24) is 0 Å². The zero-order valence-electron chi connectivity index (χ0n) is 5.10. The Morgan fingerprint density at radius 2 is 1.88 bits per heavy atom. The van der Waals surface area contributed by atoms with Crippen molar-refractivity contribution in [2.24, 2.45) is 0 Å². The van der Waals surface area contributed by atoms with Gasteiger partial charge in [0.15, 0.2) is 0 Å². The second-order valence-corrected chi connectivity index (χ2v) is 2.24. The molecular formula is C6H8N2. The fourth-order valence-corrected chi connectivity index (χ4v) is 0.229. The van der Waals surface area contributed by atoms with Crippen LogP contribution in [0.3, 0.4) is 0 Å². The van der Waals surface area contributed by atoms with E-state index in [0.717, 1.165) is 0 Å². The van der Waals surface area contributed by atoms with E-state index >= 15 is 0 Å². The van der Waals surface area contributed by atoms with Gasteiger partial charge in [0.2, 0.25) is 0 Å². The monoisotopic (exact) mass is 108 g/mol. The molecule has 8 heavy (non-hydrogen) atoms. The van der Waals surface area contributed by atoms with Gasteiger partial charge in [0, 0.05) is 13.8 Å². The number of rotatable bonds is 1. The SMILES string of the molecule is [C-]#[N+]CC(C)(C)[N+]#[C-]. The van der Waals surface area contributed by atoms with Crippen LogP contribution in [0, 0.1) is 13.1 Å². The molecule has 2 heteroatoms. The summed E-state index contributed by atoms with van der Waals surface area (Å²) in [6, 6.07) is 0. The minimum absolute atomic E-state index is 0.302. The van der Waals surface area contributed by atoms with Gasteiger partial charge in [-0.3, -0.25) is 0 Å². The summed E-state index contributed by atoms with van der Waals surface area (Å²) >= 11 is 0. The van der Waals surface area contributed by atoms with Gasteiger partial charge in [0.05, 0.1) is 0 Å². The van der Waals surface area contributed by atoms with Crippen molar-refractivity contribution in [3.05, 3.63) is 22.8 Å². The van der Waals surface area contributed by atoms with E-state index in [-0.39, 0.29) is 0 Å². The summed E-state index contributed by atoms with van der Waals surface area (Å²) in [5.41, 5.74) is -0.470. The molecule has 0 rings (SSSR count). The average molecular weight is 108 g/mol. The van der Waals surface area contributed by atoms with Crippen LogP contribution in [0.4, 0.5) is 0 Å². The number of hydrogen-bond donors (Lipinski definition) is 0. The van der Waals surface area contributed by atoms with Crippen LogP contribution < -0.4 is 0 Å². The van der Waals surface area contributed by atoms with Crippen molar-refractivity contribution < 1.29 is 0 Å². The standard InChI is InChI=1S/C6H8N2/c1-6(2,8-4)5-7-3/h5H2,1-2H3. The highest BCUT2D eigenvalue weighted by molar-refractivity contribution is 4.95. The molecule has 0 spiro atoms. The lowest BCUT2D eigenvalue weighted by atomic mass is 10.1. The molecule has 0 atom stereocenters. The molecule has 0 aliphatic rings. The fourth-order valence-electron chi connectivity index (χ4n) is 0.229. The Morgan fingerprint density at radius 3 is 2.00 bits per heavy atom. The molecule has 0 radical (unpaired) electrons. The number of hydrogen-bond acceptors (Lipinski definition) is 0. The van der Waals surface area contributed by atoms with Gasteiger partial charge in [-0.1, -0.05) is 0 Å². The molecule has 0 N–H and O–H groups in total. The largest absolute Gasteiger partial charge is 0.308 e. The first kappa shape index (κ1) is 6.98. The molecule has 0 heterocycles. The van der Waals surface area contributed by atoms with Crippen molar-refractivity contribution in [3.63, 3.8) is 0 Å². The van der Waals surface area contributed by atoms with Gasteiger partial charge in [-0.05, 0) is 0 Å². The predicted octanol–water partition coefficient (Wildman–Crippen LogP) is 1.60. The summed E-state index contributed by atoms with van der Waals surface area (Å²) in [7, 11) is 0. The van der Waals surface area contributed by atoms with E-state index in [1.165, 1.54) is 0 Å². The van der Waals surface area contributed by atoms with Gasteiger partial charge in [0.25, 0.3) is 12.1 Å². The molecule has 2 nitrogen and oxygen atoms in total. The summed E-state index contributed by atoms with van der Waals surface area (Å²) in [5, 5.41) is 0. The van der Waals surface area contributed by atoms with Gasteiger partial charge < -0.3 is 9.69 Å². The first-order valence-corrected chi connectivity index (χ1v) is 2.34. The second-order valence-electron chi connectivity index (χ2n) is 2.24. The Bertz CT molecular complexity index is 145. The zero-order valence-corrected chi connectivity index (χ0v) is 5.10. The first-order chi connectivity index (χ1) is 3.62. The van der Waals surface area contributed by atoms with E-state index in [2.05, 4.69) is 9.69 Å². The van der Waals surface area contributed by atoms with Crippen LogP contribution in [0.2, 0.25) is 0 Å². The molecule has 0 bridgehead atoms. The van der Waals surface area contributed by atoms with Crippen LogP contribution in [0.5, 0.6) is 0 Å². The highest BCUT2D eigenvalue weighted by Crippen LogP contribution is 2.07. The maximum absolute atomic E-state index is 6.59. The zero-order chi connectivity index (χ0) is 6.62. The Hall–Kier alpha value is -1.02. The van der Waals surface area contributed by atoms with Crippen LogP contribution in [0.15, 0.2) is 0 Å². The lowest BCUT2D eigenvalue weighted by Gasteiger charge is -1.99. The van der Waals surface area contributed by atoms with Gasteiger partial charge >= 0.3 is 0 Å². The van der Waals surface area contributed by atoms with E-state index in [9.17, 15) is 0 Å². The van der Waals surface area contributed by atoms with Crippen LogP contribution in [-0.4, -0.2) is 12.1 Å². The summed E-state index contributed by atoms with van der Waals surface area (Å²) in [5.74, 6) is 0. The van der Waals surface area contributed by atoms with Gasteiger partial charge in [0.1, 0.15) is 0 Å². The molecule has 42 valence electrons. The van der Waals surface area contributed by atoms with E-state index < -0.39 is 5.54 Å². The van der Waals surface area contributed by atoms with E-state index in [4.69, 9.17) is 13.1 Å². The highest BCUT2D eigenvalue weighted by Gasteiger charge is 2.25. The molecule has 0 aromatic heterocycles. The minimum Gasteiger partial charge on any atom is -0.308 e. The third-order valence-corrected chi connectivity index (χ3v) is 0.769. The van der Waals surface area contributed by atoms with E-state index in [0.29, 0.717) is 6.54 Å². The molecule has 0 aliphatic heterocycles.